The van der Waals surface area contributed by atoms with Crippen LogP contribution in [0.1, 0.15) is 31.2 Å². The van der Waals surface area contributed by atoms with Crippen molar-refractivity contribution < 1.29 is 9.90 Å². The lowest BCUT2D eigenvalue weighted by molar-refractivity contribution is -0.115. The molecule has 2 N–H and O–H groups in total. The number of aliphatic hydroxyl groups excluding tert-OH is 1. The molecule has 2 aliphatic heterocycles. The quantitative estimate of drug-likeness (QED) is 0.643. The largest absolute Gasteiger partial charge is 0.390 e. The Morgan fingerprint density at radius 1 is 0.879 bits per heavy atom. The summed E-state index contributed by atoms with van der Waals surface area (Å²) in [5.41, 5.74) is 1.71. The third-order valence-electron chi connectivity index (χ3n) is 6.54. The Bertz CT molecular complexity index is 855. The predicted octanol–water partition coefficient (Wildman–Crippen LogP) is 2.62. The highest BCUT2D eigenvalue weighted by molar-refractivity contribution is 5.92. The fourth-order valence-electron chi connectivity index (χ4n) is 4.81. The molecule has 1 unspecified atom stereocenters. The van der Waals surface area contributed by atoms with Crippen LogP contribution in [0.4, 0.5) is 11.5 Å². The molecule has 4 rings (SSSR count). The van der Waals surface area contributed by atoms with E-state index in [1.54, 1.807) is 6.20 Å². The lowest BCUT2D eigenvalue weighted by Crippen LogP contribution is -2.43. The number of pyridine rings is 1. The number of β-amino-alcohol motifs (C(OH)–C–C–N with tert-alkyl or cyclic N) is 1. The number of amides is 1. The van der Waals surface area contributed by atoms with Gasteiger partial charge in [-0.15, -0.1) is 0 Å². The number of aliphatic hydroxyl groups is 1. The summed E-state index contributed by atoms with van der Waals surface area (Å²) in [5, 5.41) is 13.5. The zero-order chi connectivity index (χ0) is 22.9. The van der Waals surface area contributed by atoms with E-state index < -0.39 is 0 Å². The molecule has 2 aliphatic rings. The maximum absolute atomic E-state index is 12.3. The van der Waals surface area contributed by atoms with Crippen molar-refractivity contribution in [3.05, 3.63) is 54.2 Å². The first-order chi connectivity index (χ1) is 16.2. The minimum Gasteiger partial charge on any atom is -0.390 e. The monoisotopic (exact) mass is 451 g/mol. The average Bonchev–Trinajstić information content (AvgIpc) is 3.06. The maximum Gasteiger partial charge on any atom is 0.228 e. The molecule has 1 atom stereocenters. The number of piperidine rings is 1. The number of nitrogens with zero attached hydrogens (tertiary/aromatic N) is 4. The van der Waals surface area contributed by atoms with Crippen LogP contribution in [0, 0.1) is 0 Å². The van der Waals surface area contributed by atoms with Gasteiger partial charge in [0.05, 0.1) is 24.4 Å². The molecule has 7 nitrogen and oxygen atoms in total. The second-order valence-electron chi connectivity index (χ2n) is 9.27. The van der Waals surface area contributed by atoms with Crippen molar-refractivity contribution in [2.45, 2.75) is 38.2 Å². The van der Waals surface area contributed by atoms with Gasteiger partial charge < -0.3 is 20.2 Å². The van der Waals surface area contributed by atoms with E-state index in [9.17, 15) is 9.90 Å². The number of nitrogens with one attached hydrogen (secondary N) is 1. The number of rotatable bonds is 8. The Labute approximate surface area is 197 Å². The van der Waals surface area contributed by atoms with E-state index in [-0.39, 0.29) is 12.0 Å². The first kappa shape index (κ1) is 23.7. The highest BCUT2D eigenvalue weighted by Gasteiger charge is 2.20. The summed E-state index contributed by atoms with van der Waals surface area (Å²) in [6, 6.07) is 13.7. The first-order valence-electron chi connectivity index (χ1n) is 12.3. The van der Waals surface area contributed by atoms with E-state index in [1.807, 2.05) is 42.5 Å². The minimum atomic E-state index is -0.286. The van der Waals surface area contributed by atoms with Gasteiger partial charge in [0, 0.05) is 32.7 Å². The molecule has 0 spiro atoms. The van der Waals surface area contributed by atoms with Crippen LogP contribution in [0.2, 0.25) is 0 Å². The SMILES string of the molecule is O=C(Cc1ccccc1)Nc1ccc(N2CCCN(CC(O)CN3CCCCC3)CC2)nc1. The number of carbonyl (C=O) groups is 1. The molecule has 0 saturated carbocycles. The van der Waals surface area contributed by atoms with Gasteiger partial charge in [-0.3, -0.25) is 9.69 Å². The number of anilines is 2. The molecule has 7 heteroatoms. The normalized spacial score (nSPS) is 19.1. The molecule has 33 heavy (non-hydrogen) atoms. The Kier molecular flexibility index (Phi) is 8.69. The zero-order valence-corrected chi connectivity index (χ0v) is 19.5. The second kappa shape index (κ2) is 12.1. The fraction of sp³-hybridized carbons (Fsp3) is 0.538. The lowest BCUT2D eigenvalue weighted by Gasteiger charge is -2.30. The fourth-order valence-corrected chi connectivity index (χ4v) is 4.81. The predicted molar refractivity (Wildman–Crippen MR) is 133 cm³/mol. The molecule has 0 radical (unpaired) electrons. The summed E-state index contributed by atoms with van der Waals surface area (Å²) in [7, 11) is 0. The average molecular weight is 452 g/mol. The van der Waals surface area contributed by atoms with Crippen molar-refractivity contribution in [2.75, 3.05) is 62.6 Å². The number of aromatic nitrogens is 1. The van der Waals surface area contributed by atoms with Crippen molar-refractivity contribution in [1.29, 1.82) is 0 Å². The Morgan fingerprint density at radius 3 is 2.33 bits per heavy atom. The van der Waals surface area contributed by atoms with Crippen LogP contribution >= 0.6 is 0 Å². The van der Waals surface area contributed by atoms with E-state index in [2.05, 4.69) is 25.0 Å². The van der Waals surface area contributed by atoms with Crippen molar-refractivity contribution in [3.63, 3.8) is 0 Å². The van der Waals surface area contributed by atoms with Crippen molar-refractivity contribution in [2.24, 2.45) is 0 Å². The summed E-state index contributed by atoms with van der Waals surface area (Å²) < 4.78 is 0. The smallest absolute Gasteiger partial charge is 0.228 e. The molecule has 2 aromatic rings. The number of benzene rings is 1. The van der Waals surface area contributed by atoms with Gasteiger partial charge in [0.15, 0.2) is 0 Å². The van der Waals surface area contributed by atoms with E-state index in [0.717, 1.165) is 75.8 Å². The van der Waals surface area contributed by atoms with Gasteiger partial charge in [-0.05, 0) is 56.6 Å². The molecular weight excluding hydrogens is 414 g/mol. The zero-order valence-electron chi connectivity index (χ0n) is 19.5. The second-order valence-corrected chi connectivity index (χ2v) is 9.27. The number of hydrogen-bond acceptors (Lipinski definition) is 6. The summed E-state index contributed by atoms with van der Waals surface area (Å²) in [6.07, 6.45) is 6.70. The van der Waals surface area contributed by atoms with Crippen LogP contribution in [-0.4, -0.2) is 84.3 Å². The molecule has 1 aromatic heterocycles. The van der Waals surface area contributed by atoms with Crippen LogP contribution in [0.5, 0.6) is 0 Å². The summed E-state index contributed by atoms with van der Waals surface area (Å²) >= 11 is 0. The highest BCUT2D eigenvalue weighted by Crippen LogP contribution is 2.17. The lowest BCUT2D eigenvalue weighted by atomic mass is 10.1. The maximum atomic E-state index is 12.3. The van der Waals surface area contributed by atoms with Gasteiger partial charge in [-0.25, -0.2) is 4.98 Å². The number of likely N-dealkylation sites (tertiary alicyclic amines) is 1. The summed E-state index contributed by atoms with van der Waals surface area (Å²) in [4.78, 5) is 24.0. The molecule has 1 aromatic carbocycles. The van der Waals surface area contributed by atoms with Crippen molar-refractivity contribution >= 4 is 17.4 Å². The van der Waals surface area contributed by atoms with Crippen LogP contribution < -0.4 is 10.2 Å². The third-order valence-corrected chi connectivity index (χ3v) is 6.54. The van der Waals surface area contributed by atoms with E-state index in [1.165, 1.54) is 19.3 Å². The van der Waals surface area contributed by atoms with Crippen LogP contribution in [0.25, 0.3) is 0 Å². The molecule has 0 bridgehead atoms. The van der Waals surface area contributed by atoms with Gasteiger partial charge >= 0.3 is 0 Å². The molecule has 1 amide bonds. The highest BCUT2D eigenvalue weighted by atomic mass is 16.3. The minimum absolute atomic E-state index is 0.0377. The van der Waals surface area contributed by atoms with E-state index in [4.69, 9.17) is 0 Å². The van der Waals surface area contributed by atoms with Gasteiger partial charge in [0.25, 0.3) is 0 Å². The topological polar surface area (TPSA) is 71.9 Å². The van der Waals surface area contributed by atoms with Crippen LogP contribution in [-0.2, 0) is 11.2 Å². The van der Waals surface area contributed by atoms with Crippen molar-refractivity contribution in [1.82, 2.24) is 14.8 Å². The molecule has 2 saturated heterocycles. The van der Waals surface area contributed by atoms with Crippen molar-refractivity contribution in [3.8, 4) is 0 Å². The van der Waals surface area contributed by atoms with E-state index in [0.29, 0.717) is 6.42 Å². The molecule has 2 fully saturated rings. The third kappa shape index (κ3) is 7.52. The summed E-state index contributed by atoms with van der Waals surface area (Å²) in [6.45, 7) is 7.55. The Hall–Kier alpha value is -2.48. The summed E-state index contributed by atoms with van der Waals surface area (Å²) in [5.74, 6) is 0.899. The molecule has 3 heterocycles. The first-order valence-corrected chi connectivity index (χ1v) is 12.3. The number of carbonyl (C=O) groups excluding carboxylic acids is 1. The standard InChI is InChI=1S/C26H37N5O2/c32-24(20-29-12-5-2-6-13-29)21-30-14-7-15-31(17-16-30)25-11-10-23(19-27-25)28-26(33)18-22-8-3-1-4-9-22/h1,3-4,8-11,19,24,32H,2,5-7,12-18,20-21H2,(H,28,33). The van der Waals surface area contributed by atoms with Gasteiger partial charge in [0.2, 0.25) is 5.91 Å². The van der Waals surface area contributed by atoms with Crippen LogP contribution in [0.15, 0.2) is 48.7 Å². The molecule has 178 valence electrons. The Balaban J connectivity index is 1.22. The van der Waals surface area contributed by atoms with E-state index >= 15 is 0 Å². The van der Waals surface area contributed by atoms with Gasteiger partial charge in [0.1, 0.15) is 5.82 Å². The molecule has 0 aliphatic carbocycles. The van der Waals surface area contributed by atoms with Gasteiger partial charge in [-0.1, -0.05) is 36.8 Å². The van der Waals surface area contributed by atoms with Gasteiger partial charge in [-0.2, -0.15) is 0 Å². The number of hydrogen-bond donors (Lipinski definition) is 2. The Morgan fingerprint density at radius 2 is 1.61 bits per heavy atom. The molecular formula is C26H37N5O2. The van der Waals surface area contributed by atoms with Crippen LogP contribution in [0.3, 0.4) is 0 Å².